The molecule has 2 aromatic rings. The normalized spacial score (nSPS) is 16.9. The van der Waals surface area contributed by atoms with Crippen molar-refractivity contribution in [3.05, 3.63) is 51.5 Å². The SMILES string of the molecule is CC(C)(C)OC(=O)C1CCCc2nn(Cc3cc(F)c(F)cc3F)c(=O)n21. The molecule has 0 bridgehead atoms. The fourth-order valence-corrected chi connectivity index (χ4v) is 3.07. The molecule has 1 aliphatic heterocycles. The van der Waals surface area contributed by atoms with Crippen LogP contribution in [0, 0.1) is 17.5 Å². The Balaban J connectivity index is 1.95. The summed E-state index contributed by atoms with van der Waals surface area (Å²) in [5.41, 5.74) is -1.53. The number of halogens is 3. The highest BCUT2D eigenvalue weighted by Crippen LogP contribution is 2.25. The molecule has 0 radical (unpaired) electrons. The lowest BCUT2D eigenvalue weighted by molar-refractivity contribution is -0.159. The standard InChI is InChI=1S/C18H20F3N3O3/c1-18(2,3)27-16(25)14-5-4-6-15-22-23(17(26)24(14)15)9-10-7-12(20)13(21)8-11(10)19/h7-8,14H,4-6,9H2,1-3H3. The van der Waals surface area contributed by atoms with Gasteiger partial charge in [-0.15, -0.1) is 0 Å². The molecule has 0 spiro atoms. The number of hydrogen-bond donors (Lipinski definition) is 0. The van der Waals surface area contributed by atoms with Crippen LogP contribution in [0.1, 0.15) is 51.0 Å². The van der Waals surface area contributed by atoms with Gasteiger partial charge in [-0.05, 0) is 39.7 Å². The Morgan fingerprint density at radius 3 is 2.56 bits per heavy atom. The van der Waals surface area contributed by atoms with Gasteiger partial charge in [0, 0.05) is 18.1 Å². The van der Waals surface area contributed by atoms with Crippen LogP contribution in [-0.4, -0.2) is 25.9 Å². The van der Waals surface area contributed by atoms with E-state index in [9.17, 15) is 22.8 Å². The number of hydrogen-bond acceptors (Lipinski definition) is 4. The minimum absolute atomic E-state index is 0.208. The van der Waals surface area contributed by atoms with E-state index >= 15 is 0 Å². The maximum absolute atomic E-state index is 13.9. The summed E-state index contributed by atoms with van der Waals surface area (Å²) in [4.78, 5) is 25.2. The Kier molecular flexibility index (Phi) is 4.88. The van der Waals surface area contributed by atoms with Crippen LogP contribution in [0.4, 0.5) is 13.2 Å². The molecule has 2 heterocycles. The molecule has 1 unspecified atom stereocenters. The van der Waals surface area contributed by atoms with Gasteiger partial charge in [0.2, 0.25) is 0 Å². The molecule has 9 heteroatoms. The first-order valence-electron chi connectivity index (χ1n) is 8.61. The summed E-state index contributed by atoms with van der Waals surface area (Å²) in [6, 6.07) is 0.305. The summed E-state index contributed by atoms with van der Waals surface area (Å²) in [5.74, 6) is -3.66. The largest absolute Gasteiger partial charge is 0.458 e. The van der Waals surface area contributed by atoms with Gasteiger partial charge < -0.3 is 4.74 Å². The van der Waals surface area contributed by atoms with E-state index in [4.69, 9.17) is 4.74 Å². The van der Waals surface area contributed by atoms with Gasteiger partial charge in [0.05, 0.1) is 6.54 Å². The van der Waals surface area contributed by atoms with Gasteiger partial charge >= 0.3 is 11.7 Å². The van der Waals surface area contributed by atoms with Gasteiger partial charge in [-0.1, -0.05) is 0 Å². The van der Waals surface area contributed by atoms with E-state index in [0.29, 0.717) is 37.2 Å². The highest BCUT2D eigenvalue weighted by Gasteiger charge is 2.33. The number of fused-ring (bicyclic) bond motifs is 1. The van der Waals surface area contributed by atoms with Crippen LogP contribution in [0.2, 0.25) is 0 Å². The second-order valence-corrected chi connectivity index (χ2v) is 7.53. The molecule has 0 N–H and O–H groups in total. The van der Waals surface area contributed by atoms with Crippen LogP contribution in [0.5, 0.6) is 0 Å². The molecule has 1 aromatic carbocycles. The van der Waals surface area contributed by atoms with Gasteiger partial charge in [0.15, 0.2) is 11.6 Å². The van der Waals surface area contributed by atoms with E-state index < -0.39 is 40.8 Å². The summed E-state index contributed by atoms with van der Waals surface area (Å²) < 4.78 is 47.9. The number of rotatable bonds is 3. The number of benzene rings is 1. The molecule has 0 saturated heterocycles. The molecule has 146 valence electrons. The van der Waals surface area contributed by atoms with E-state index in [0.717, 1.165) is 4.68 Å². The van der Waals surface area contributed by atoms with E-state index in [1.165, 1.54) is 4.57 Å². The average Bonchev–Trinajstić information content (AvgIpc) is 2.87. The van der Waals surface area contributed by atoms with E-state index in [1.54, 1.807) is 20.8 Å². The third kappa shape index (κ3) is 3.91. The zero-order chi connectivity index (χ0) is 19.9. The Morgan fingerprint density at radius 1 is 1.22 bits per heavy atom. The number of carbonyl (C=O) groups excluding carboxylic acids is 1. The monoisotopic (exact) mass is 383 g/mol. The molecule has 0 aliphatic carbocycles. The summed E-state index contributed by atoms with van der Waals surface area (Å²) in [5, 5.41) is 4.14. The fraction of sp³-hybridized carbons (Fsp3) is 0.500. The van der Waals surface area contributed by atoms with Crippen molar-refractivity contribution in [1.29, 1.82) is 0 Å². The predicted molar refractivity (Wildman–Crippen MR) is 89.7 cm³/mol. The van der Waals surface area contributed by atoms with E-state index in [-0.39, 0.29) is 12.1 Å². The maximum atomic E-state index is 13.9. The lowest BCUT2D eigenvalue weighted by Crippen LogP contribution is -2.38. The lowest BCUT2D eigenvalue weighted by atomic mass is 10.0. The Labute approximate surface area is 153 Å². The summed E-state index contributed by atoms with van der Waals surface area (Å²) in [7, 11) is 0. The molecule has 1 aliphatic rings. The summed E-state index contributed by atoms with van der Waals surface area (Å²) >= 11 is 0. The van der Waals surface area contributed by atoms with Gasteiger partial charge in [0.25, 0.3) is 0 Å². The number of nitrogens with zero attached hydrogens (tertiary/aromatic N) is 3. The molecule has 3 rings (SSSR count). The van der Waals surface area contributed by atoms with Crippen molar-refractivity contribution in [2.45, 2.75) is 58.2 Å². The number of aromatic nitrogens is 3. The predicted octanol–water partition coefficient (Wildman–Crippen LogP) is 2.73. The third-order valence-electron chi connectivity index (χ3n) is 4.22. The second-order valence-electron chi connectivity index (χ2n) is 7.53. The molecule has 0 fully saturated rings. The zero-order valence-corrected chi connectivity index (χ0v) is 15.3. The van der Waals surface area contributed by atoms with Crippen molar-refractivity contribution < 1.29 is 22.7 Å². The third-order valence-corrected chi connectivity index (χ3v) is 4.22. The molecule has 1 atom stereocenters. The Hall–Kier alpha value is -2.58. The first-order valence-corrected chi connectivity index (χ1v) is 8.61. The van der Waals surface area contributed by atoms with Gasteiger partial charge in [0.1, 0.15) is 23.3 Å². The van der Waals surface area contributed by atoms with Crippen LogP contribution < -0.4 is 5.69 Å². The zero-order valence-electron chi connectivity index (χ0n) is 15.3. The van der Waals surface area contributed by atoms with Crippen LogP contribution in [0.15, 0.2) is 16.9 Å². The molecule has 0 saturated carbocycles. The topological polar surface area (TPSA) is 66.1 Å². The fourth-order valence-electron chi connectivity index (χ4n) is 3.07. The minimum atomic E-state index is -1.31. The first kappa shape index (κ1) is 19.2. The average molecular weight is 383 g/mol. The number of esters is 1. The van der Waals surface area contributed by atoms with Crippen molar-refractivity contribution in [2.24, 2.45) is 0 Å². The Bertz CT molecular complexity index is 944. The minimum Gasteiger partial charge on any atom is -0.458 e. The van der Waals surface area contributed by atoms with E-state index in [2.05, 4.69) is 5.10 Å². The molecule has 27 heavy (non-hydrogen) atoms. The quantitative estimate of drug-likeness (QED) is 0.604. The van der Waals surface area contributed by atoms with Crippen LogP contribution in [0.25, 0.3) is 0 Å². The van der Waals surface area contributed by atoms with Crippen molar-refractivity contribution in [3.8, 4) is 0 Å². The van der Waals surface area contributed by atoms with Crippen molar-refractivity contribution in [1.82, 2.24) is 14.3 Å². The number of carbonyl (C=O) groups is 1. The van der Waals surface area contributed by atoms with Crippen LogP contribution in [-0.2, 0) is 22.5 Å². The van der Waals surface area contributed by atoms with Gasteiger partial charge in [-0.25, -0.2) is 27.4 Å². The summed E-state index contributed by atoms with van der Waals surface area (Å²) in [6.45, 7) is 4.81. The first-order chi connectivity index (χ1) is 12.6. The molecule has 1 aromatic heterocycles. The van der Waals surface area contributed by atoms with E-state index in [1.807, 2.05) is 0 Å². The Morgan fingerprint density at radius 2 is 1.89 bits per heavy atom. The van der Waals surface area contributed by atoms with Crippen molar-refractivity contribution in [3.63, 3.8) is 0 Å². The summed E-state index contributed by atoms with van der Waals surface area (Å²) in [6.07, 6.45) is 1.54. The number of aryl methyl sites for hydroxylation is 1. The number of ether oxygens (including phenoxy) is 1. The van der Waals surface area contributed by atoms with Crippen molar-refractivity contribution >= 4 is 5.97 Å². The highest BCUT2D eigenvalue weighted by molar-refractivity contribution is 5.74. The van der Waals surface area contributed by atoms with Gasteiger partial charge in [-0.3, -0.25) is 4.57 Å². The lowest BCUT2D eigenvalue weighted by Gasteiger charge is -2.26. The second kappa shape index (κ2) is 6.86. The highest BCUT2D eigenvalue weighted by atomic mass is 19.2. The van der Waals surface area contributed by atoms with Gasteiger partial charge in [-0.2, -0.15) is 5.10 Å². The maximum Gasteiger partial charge on any atom is 0.347 e. The van der Waals surface area contributed by atoms with Crippen LogP contribution >= 0.6 is 0 Å². The van der Waals surface area contributed by atoms with Crippen molar-refractivity contribution in [2.75, 3.05) is 0 Å². The van der Waals surface area contributed by atoms with Crippen LogP contribution in [0.3, 0.4) is 0 Å². The molecular formula is C18H20F3N3O3. The molecule has 6 nitrogen and oxygen atoms in total. The molecular weight excluding hydrogens is 363 g/mol. The smallest absolute Gasteiger partial charge is 0.347 e. The molecule has 0 amide bonds.